The minimum atomic E-state index is -0.701. The van der Waals surface area contributed by atoms with Crippen LogP contribution < -0.4 is 10.9 Å². The van der Waals surface area contributed by atoms with E-state index in [1.54, 1.807) is 12.1 Å². The second-order valence-electron chi connectivity index (χ2n) is 3.88. The molecule has 2 heterocycles. The zero-order chi connectivity index (χ0) is 13.1. The number of nitrogens with one attached hydrogen (secondary N) is 2. The third kappa shape index (κ3) is 2.35. The average Bonchev–Trinajstić information content (AvgIpc) is 2.64. The molecular formula is C11H12N4O3. The van der Waals surface area contributed by atoms with Gasteiger partial charge in [-0.3, -0.25) is 29.7 Å². The number of likely N-dealkylation sites (tertiary alicyclic amines) is 1. The van der Waals surface area contributed by atoms with E-state index in [1.807, 2.05) is 0 Å². The highest BCUT2D eigenvalue weighted by Gasteiger charge is 2.36. The Hall–Kier alpha value is -2.28. The van der Waals surface area contributed by atoms with Crippen LogP contribution in [0.25, 0.3) is 0 Å². The molecule has 1 fully saturated rings. The number of imide groups is 1. The zero-order valence-electron chi connectivity index (χ0n) is 9.71. The molecule has 3 amide bonds. The van der Waals surface area contributed by atoms with Gasteiger partial charge in [0.1, 0.15) is 6.04 Å². The van der Waals surface area contributed by atoms with Gasteiger partial charge >= 0.3 is 0 Å². The van der Waals surface area contributed by atoms with E-state index in [9.17, 15) is 14.4 Å². The van der Waals surface area contributed by atoms with Crippen LogP contribution in [-0.2, 0) is 9.59 Å². The number of carbonyl (C=O) groups excluding carboxylic acids is 3. The fourth-order valence-electron chi connectivity index (χ4n) is 1.60. The lowest BCUT2D eigenvalue weighted by Crippen LogP contribution is -2.47. The van der Waals surface area contributed by atoms with Crippen LogP contribution in [0.1, 0.15) is 16.8 Å². The Kier molecular flexibility index (Phi) is 3.33. The van der Waals surface area contributed by atoms with Crippen LogP contribution in [0.2, 0.25) is 0 Å². The first-order valence-electron chi connectivity index (χ1n) is 5.36. The van der Waals surface area contributed by atoms with E-state index >= 15 is 0 Å². The molecule has 1 aliphatic rings. The monoisotopic (exact) mass is 248 g/mol. The van der Waals surface area contributed by atoms with E-state index in [2.05, 4.69) is 15.8 Å². The first-order valence-corrected chi connectivity index (χ1v) is 5.36. The van der Waals surface area contributed by atoms with Crippen molar-refractivity contribution in [2.24, 2.45) is 0 Å². The van der Waals surface area contributed by atoms with Gasteiger partial charge in [0.05, 0.1) is 6.42 Å². The van der Waals surface area contributed by atoms with Crippen molar-refractivity contribution < 1.29 is 14.4 Å². The Morgan fingerprint density at radius 2 is 2.06 bits per heavy atom. The number of hydrogen-bond donors (Lipinski definition) is 2. The maximum absolute atomic E-state index is 11.7. The minimum absolute atomic E-state index is 0.0476. The summed E-state index contributed by atoms with van der Waals surface area (Å²) < 4.78 is 0. The quantitative estimate of drug-likeness (QED) is 0.533. The summed E-state index contributed by atoms with van der Waals surface area (Å²) in [5.74, 6) is -1.00. The molecule has 0 saturated carbocycles. The molecule has 0 unspecified atom stereocenters. The summed E-state index contributed by atoms with van der Waals surface area (Å²) in [5, 5.41) is 0. The molecule has 1 aromatic rings. The standard InChI is InChI=1S/C11H12N4O3/c1-15-9(16)6-8(11(15)18)13-14-10(17)7-2-4-12-5-3-7/h2-5,8,13H,6H2,1H3,(H,14,17)/t8-/m0/s1. The van der Waals surface area contributed by atoms with Gasteiger partial charge in [-0.15, -0.1) is 0 Å². The predicted octanol–water partition coefficient (Wildman–Crippen LogP) is -0.927. The van der Waals surface area contributed by atoms with Crippen LogP contribution in [0.15, 0.2) is 24.5 Å². The van der Waals surface area contributed by atoms with Gasteiger partial charge in [-0.2, -0.15) is 0 Å². The first-order chi connectivity index (χ1) is 8.59. The molecule has 0 bridgehead atoms. The second kappa shape index (κ2) is 4.92. The largest absolute Gasteiger partial charge is 0.287 e. The van der Waals surface area contributed by atoms with Gasteiger partial charge in [0.2, 0.25) is 11.8 Å². The number of likely N-dealkylation sites (N-methyl/N-ethyl adjacent to an activating group) is 1. The number of nitrogens with zero attached hydrogens (tertiary/aromatic N) is 2. The van der Waals surface area contributed by atoms with Crippen molar-refractivity contribution in [1.82, 2.24) is 20.7 Å². The van der Waals surface area contributed by atoms with Gasteiger partial charge in [-0.25, -0.2) is 5.43 Å². The van der Waals surface area contributed by atoms with Gasteiger partial charge in [0, 0.05) is 25.0 Å². The third-order valence-corrected chi connectivity index (χ3v) is 2.68. The van der Waals surface area contributed by atoms with Crippen molar-refractivity contribution >= 4 is 17.7 Å². The molecule has 1 aliphatic heterocycles. The molecule has 94 valence electrons. The van der Waals surface area contributed by atoms with E-state index in [1.165, 1.54) is 19.4 Å². The normalized spacial score (nSPS) is 19.2. The molecule has 0 spiro atoms. The van der Waals surface area contributed by atoms with E-state index < -0.39 is 6.04 Å². The maximum Gasteiger partial charge on any atom is 0.265 e. The molecule has 2 N–H and O–H groups in total. The Bertz CT molecular complexity index is 488. The first kappa shape index (κ1) is 12.2. The molecule has 1 atom stereocenters. The van der Waals surface area contributed by atoms with Crippen LogP contribution in [0.3, 0.4) is 0 Å². The highest BCUT2D eigenvalue weighted by molar-refractivity contribution is 6.05. The number of hydrogen-bond acceptors (Lipinski definition) is 5. The third-order valence-electron chi connectivity index (χ3n) is 2.68. The van der Waals surface area contributed by atoms with Crippen LogP contribution >= 0.6 is 0 Å². The minimum Gasteiger partial charge on any atom is -0.287 e. The molecule has 0 radical (unpaired) electrons. The summed E-state index contributed by atoms with van der Waals surface area (Å²) in [5.41, 5.74) is 5.37. The smallest absolute Gasteiger partial charge is 0.265 e. The SMILES string of the molecule is CN1C(=O)C[C@H](NNC(=O)c2ccncc2)C1=O. The molecule has 1 saturated heterocycles. The van der Waals surface area contributed by atoms with Gasteiger partial charge in [0.25, 0.3) is 5.91 Å². The summed E-state index contributed by atoms with van der Waals surface area (Å²) in [6.07, 6.45) is 3.03. The van der Waals surface area contributed by atoms with Crippen LogP contribution in [0.5, 0.6) is 0 Å². The fourth-order valence-corrected chi connectivity index (χ4v) is 1.60. The van der Waals surface area contributed by atoms with Crippen molar-refractivity contribution in [3.63, 3.8) is 0 Å². The lowest BCUT2D eigenvalue weighted by Gasteiger charge is -2.11. The van der Waals surface area contributed by atoms with Crippen molar-refractivity contribution in [3.05, 3.63) is 30.1 Å². The predicted molar refractivity (Wildman–Crippen MR) is 61.0 cm³/mol. The van der Waals surface area contributed by atoms with Gasteiger partial charge in [-0.1, -0.05) is 0 Å². The Morgan fingerprint density at radius 1 is 1.39 bits per heavy atom. The Labute approximate surface area is 103 Å². The molecule has 1 aromatic heterocycles. The fraction of sp³-hybridized carbons (Fsp3) is 0.273. The van der Waals surface area contributed by atoms with E-state index in [4.69, 9.17) is 0 Å². The number of rotatable bonds is 3. The number of aromatic nitrogens is 1. The lowest BCUT2D eigenvalue weighted by molar-refractivity contribution is -0.137. The number of pyridine rings is 1. The highest BCUT2D eigenvalue weighted by atomic mass is 16.2. The van der Waals surface area contributed by atoms with Crippen molar-refractivity contribution in [2.75, 3.05) is 7.05 Å². The second-order valence-corrected chi connectivity index (χ2v) is 3.88. The lowest BCUT2D eigenvalue weighted by atomic mass is 10.2. The molecule has 2 rings (SSSR count). The Balaban J connectivity index is 1.91. The van der Waals surface area contributed by atoms with Crippen molar-refractivity contribution in [3.8, 4) is 0 Å². The van der Waals surface area contributed by atoms with Gasteiger partial charge in [-0.05, 0) is 12.1 Å². The van der Waals surface area contributed by atoms with Gasteiger partial charge in [0.15, 0.2) is 0 Å². The van der Waals surface area contributed by atoms with Crippen molar-refractivity contribution in [1.29, 1.82) is 0 Å². The molecule has 18 heavy (non-hydrogen) atoms. The van der Waals surface area contributed by atoms with E-state index in [0.717, 1.165) is 4.90 Å². The number of carbonyl (C=O) groups is 3. The van der Waals surface area contributed by atoms with E-state index in [-0.39, 0.29) is 24.1 Å². The van der Waals surface area contributed by atoms with Gasteiger partial charge < -0.3 is 0 Å². The number of hydrazine groups is 1. The summed E-state index contributed by atoms with van der Waals surface area (Å²) in [6, 6.07) is 2.39. The molecular weight excluding hydrogens is 236 g/mol. The van der Waals surface area contributed by atoms with Crippen LogP contribution in [-0.4, -0.2) is 40.7 Å². The molecule has 7 heteroatoms. The number of amides is 3. The van der Waals surface area contributed by atoms with E-state index in [0.29, 0.717) is 5.56 Å². The summed E-state index contributed by atoms with van der Waals surface area (Å²) in [4.78, 5) is 39.3. The summed E-state index contributed by atoms with van der Waals surface area (Å²) in [6.45, 7) is 0. The maximum atomic E-state index is 11.7. The molecule has 0 aromatic carbocycles. The topological polar surface area (TPSA) is 91.4 Å². The molecule has 0 aliphatic carbocycles. The van der Waals surface area contributed by atoms with Crippen LogP contribution in [0, 0.1) is 0 Å². The highest BCUT2D eigenvalue weighted by Crippen LogP contribution is 2.09. The summed E-state index contributed by atoms with van der Waals surface area (Å²) >= 11 is 0. The van der Waals surface area contributed by atoms with Crippen LogP contribution in [0.4, 0.5) is 0 Å². The molecule has 7 nitrogen and oxygen atoms in total. The Morgan fingerprint density at radius 3 is 2.61 bits per heavy atom. The average molecular weight is 248 g/mol. The summed E-state index contributed by atoms with van der Waals surface area (Å²) in [7, 11) is 1.41. The zero-order valence-corrected chi connectivity index (χ0v) is 9.71. The van der Waals surface area contributed by atoms with Crippen molar-refractivity contribution in [2.45, 2.75) is 12.5 Å².